The lowest BCUT2D eigenvalue weighted by atomic mass is 10.2. The molecule has 0 atom stereocenters. The molecule has 0 N–H and O–H groups in total. The van der Waals surface area contributed by atoms with E-state index < -0.39 is 0 Å². The van der Waals surface area contributed by atoms with E-state index >= 15 is 0 Å². The highest BCUT2D eigenvalue weighted by molar-refractivity contribution is 7.16. The van der Waals surface area contributed by atoms with Gasteiger partial charge in [-0.1, -0.05) is 18.2 Å². The Balaban J connectivity index is 2.35. The van der Waals surface area contributed by atoms with Gasteiger partial charge in [-0.15, -0.1) is 11.3 Å². The van der Waals surface area contributed by atoms with Crippen LogP contribution in [0, 0.1) is 5.82 Å². The fourth-order valence-electron chi connectivity index (χ4n) is 1.38. The van der Waals surface area contributed by atoms with E-state index in [1.165, 1.54) is 23.5 Å². The van der Waals surface area contributed by atoms with Gasteiger partial charge in [0, 0.05) is 15.3 Å². The first kappa shape index (κ1) is 10.8. The van der Waals surface area contributed by atoms with E-state index in [1.807, 2.05) is 12.1 Å². The van der Waals surface area contributed by atoms with E-state index in [9.17, 15) is 9.18 Å². The van der Waals surface area contributed by atoms with Crippen molar-refractivity contribution in [2.45, 2.75) is 0 Å². The second-order valence-corrected chi connectivity index (χ2v) is 4.29. The maximum Gasteiger partial charge on any atom is 0.142 e. The molecule has 0 unspecified atom stereocenters. The van der Waals surface area contributed by atoms with Gasteiger partial charge in [0.05, 0.1) is 0 Å². The first-order valence-corrected chi connectivity index (χ1v) is 5.59. The Bertz CT molecular complexity index is 528. The van der Waals surface area contributed by atoms with Gasteiger partial charge in [-0.2, -0.15) is 0 Å². The van der Waals surface area contributed by atoms with Crippen molar-refractivity contribution >= 4 is 23.7 Å². The summed E-state index contributed by atoms with van der Waals surface area (Å²) in [6.07, 6.45) is 3.86. The summed E-state index contributed by atoms with van der Waals surface area (Å²) in [4.78, 5) is 12.0. The molecule has 0 fully saturated rings. The van der Waals surface area contributed by atoms with Crippen LogP contribution >= 0.6 is 11.3 Å². The second-order valence-electron chi connectivity index (χ2n) is 3.18. The third-order valence-electron chi connectivity index (χ3n) is 2.11. The van der Waals surface area contributed by atoms with Gasteiger partial charge >= 0.3 is 0 Å². The number of rotatable bonds is 3. The number of carbonyl (C=O) groups is 1. The lowest BCUT2D eigenvalue weighted by molar-refractivity contribution is -0.104. The minimum atomic E-state index is -0.227. The number of hydrogen-bond donors (Lipinski definition) is 0. The topological polar surface area (TPSA) is 17.1 Å². The quantitative estimate of drug-likeness (QED) is 0.581. The van der Waals surface area contributed by atoms with Gasteiger partial charge in [0.1, 0.15) is 12.1 Å². The molecule has 0 aliphatic carbocycles. The van der Waals surface area contributed by atoms with Crippen molar-refractivity contribution in [3.8, 4) is 10.4 Å². The molecule has 0 radical (unpaired) electrons. The highest BCUT2D eigenvalue weighted by Crippen LogP contribution is 2.30. The average Bonchev–Trinajstić information content (AvgIpc) is 2.75. The van der Waals surface area contributed by atoms with Crippen LogP contribution in [0.5, 0.6) is 0 Å². The molecule has 0 spiro atoms. The number of hydrogen-bond acceptors (Lipinski definition) is 2. The molecule has 0 aliphatic rings. The number of carbonyl (C=O) groups excluding carboxylic acids is 1. The van der Waals surface area contributed by atoms with Crippen LogP contribution in [0.3, 0.4) is 0 Å². The zero-order chi connectivity index (χ0) is 11.4. The number of aldehydes is 1. The summed E-state index contributed by atoms with van der Waals surface area (Å²) in [5.74, 6) is -0.227. The van der Waals surface area contributed by atoms with Crippen molar-refractivity contribution in [1.29, 1.82) is 0 Å². The van der Waals surface area contributed by atoms with Crippen LogP contribution in [0.2, 0.25) is 0 Å². The van der Waals surface area contributed by atoms with Crippen molar-refractivity contribution in [2.75, 3.05) is 0 Å². The number of allylic oxidation sites excluding steroid dienone is 1. The van der Waals surface area contributed by atoms with Crippen LogP contribution in [-0.4, -0.2) is 6.29 Å². The van der Waals surface area contributed by atoms with Crippen molar-refractivity contribution in [2.24, 2.45) is 0 Å². The van der Waals surface area contributed by atoms with E-state index in [-0.39, 0.29) is 5.82 Å². The van der Waals surface area contributed by atoms with Crippen LogP contribution in [0.1, 0.15) is 4.88 Å². The molecular weight excluding hydrogens is 223 g/mol. The molecule has 0 saturated carbocycles. The largest absolute Gasteiger partial charge is 0.299 e. The van der Waals surface area contributed by atoms with Gasteiger partial charge in [0.25, 0.3) is 0 Å². The summed E-state index contributed by atoms with van der Waals surface area (Å²) in [7, 11) is 0. The summed E-state index contributed by atoms with van der Waals surface area (Å²) >= 11 is 1.45. The predicted octanol–water partition coefficient (Wildman–Crippen LogP) is 3.77. The second kappa shape index (κ2) is 4.86. The van der Waals surface area contributed by atoms with Gasteiger partial charge in [0.2, 0.25) is 0 Å². The summed E-state index contributed by atoms with van der Waals surface area (Å²) in [5, 5.41) is 0. The molecule has 1 nitrogen and oxygen atoms in total. The van der Waals surface area contributed by atoms with E-state index in [2.05, 4.69) is 0 Å². The van der Waals surface area contributed by atoms with Gasteiger partial charge < -0.3 is 0 Å². The van der Waals surface area contributed by atoms with Crippen LogP contribution < -0.4 is 0 Å². The first-order chi connectivity index (χ1) is 7.81. The number of thiophene rings is 1. The molecule has 2 aromatic rings. The summed E-state index contributed by atoms with van der Waals surface area (Å²) in [6, 6.07) is 10.4. The van der Waals surface area contributed by atoms with Crippen molar-refractivity contribution in [1.82, 2.24) is 0 Å². The Hall–Kier alpha value is -1.74. The van der Waals surface area contributed by atoms with Crippen LogP contribution in [0.25, 0.3) is 16.5 Å². The van der Waals surface area contributed by atoms with Gasteiger partial charge in [-0.25, -0.2) is 4.39 Å². The molecular formula is C13H9FOS. The van der Waals surface area contributed by atoms with Crippen molar-refractivity contribution in [3.05, 3.63) is 53.2 Å². The Morgan fingerprint density at radius 1 is 1.12 bits per heavy atom. The standard InChI is InChI=1S/C13H9FOS/c14-12-6-2-1-5-11(12)13-8-7-10(16-13)4-3-9-15/h1-9H. The lowest BCUT2D eigenvalue weighted by Crippen LogP contribution is -1.78. The maximum absolute atomic E-state index is 13.5. The minimum absolute atomic E-state index is 0.227. The smallest absolute Gasteiger partial charge is 0.142 e. The van der Waals surface area contributed by atoms with Crippen LogP contribution in [0.15, 0.2) is 42.5 Å². The number of benzene rings is 1. The molecule has 0 saturated heterocycles. The molecule has 2 rings (SSSR count). The highest BCUT2D eigenvalue weighted by Gasteiger charge is 2.05. The summed E-state index contributed by atoms with van der Waals surface area (Å²) in [5.41, 5.74) is 0.596. The molecule has 1 aromatic heterocycles. The molecule has 1 aromatic carbocycles. The normalized spacial score (nSPS) is 10.8. The van der Waals surface area contributed by atoms with Crippen LogP contribution in [-0.2, 0) is 4.79 Å². The monoisotopic (exact) mass is 232 g/mol. The summed E-state index contributed by atoms with van der Waals surface area (Å²) in [6.45, 7) is 0. The zero-order valence-electron chi connectivity index (χ0n) is 8.39. The van der Waals surface area contributed by atoms with E-state index in [1.54, 1.807) is 24.3 Å². The lowest BCUT2D eigenvalue weighted by Gasteiger charge is -1.97. The van der Waals surface area contributed by atoms with E-state index in [0.717, 1.165) is 16.0 Å². The van der Waals surface area contributed by atoms with Gasteiger partial charge in [-0.05, 0) is 30.4 Å². The van der Waals surface area contributed by atoms with Gasteiger partial charge in [-0.3, -0.25) is 4.79 Å². The fraction of sp³-hybridized carbons (Fsp3) is 0. The molecule has 0 bridgehead atoms. The zero-order valence-corrected chi connectivity index (χ0v) is 9.21. The Labute approximate surface area is 96.9 Å². The Kier molecular flexibility index (Phi) is 3.27. The summed E-state index contributed by atoms with van der Waals surface area (Å²) < 4.78 is 13.5. The minimum Gasteiger partial charge on any atom is -0.299 e. The molecule has 0 amide bonds. The van der Waals surface area contributed by atoms with Gasteiger partial charge in [0.15, 0.2) is 0 Å². The molecule has 0 aliphatic heterocycles. The first-order valence-electron chi connectivity index (χ1n) is 4.78. The third kappa shape index (κ3) is 2.25. The SMILES string of the molecule is O=CC=Cc1ccc(-c2ccccc2F)s1. The predicted molar refractivity (Wildman–Crippen MR) is 64.8 cm³/mol. The molecule has 80 valence electrons. The van der Waals surface area contributed by atoms with E-state index in [4.69, 9.17) is 0 Å². The maximum atomic E-state index is 13.5. The van der Waals surface area contributed by atoms with E-state index in [0.29, 0.717) is 5.56 Å². The molecule has 3 heteroatoms. The number of halogens is 1. The average molecular weight is 232 g/mol. The van der Waals surface area contributed by atoms with Crippen molar-refractivity contribution < 1.29 is 9.18 Å². The van der Waals surface area contributed by atoms with Crippen LogP contribution in [0.4, 0.5) is 4.39 Å². The Morgan fingerprint density at radius 3 is 2.69 bits per heavy atom. The molecule has 16 heavy (non-hydrogen) atoms. The third-order valence-corrected chi connectivity index (χ3v) is 3.19. The fourth-order valence-corrected chi connectivity index (χ4v) is 2.33. The highest BCUT2D eigenvalue weighted by atomic mass is 32.1. The van der Waals surface area contributed by atoms with Crippen molar-refractivity contribution in [3.63, 3.8) is 0 Å². The molecule has 1 heterocycles. The Morgan fingerprint density at radius 2 is 1.94 bits per heavy atom.